The number of phenolic OH excluding ortho intramolecular Hbond substituents is 1. The zero-order chi connectivity index (χ0) is 14.1. The van der Waals surface area contributed by atoms with Crippen LogP contribution in [0.4, 0.5) is 11.4 Å². The number of likely N-dealkylation sites (N-methyl/N-ethyl adjacent to an activating group) is 1. The van der Waals surface area contributed by atoms with Gasteiger partial charge in [0.05, 0.1) is 17.4 Å². The molecule has 3 nitrogen and oxygen atoms in total. The summed E-state index contributed by atoms with van der Waals surface area (Å²) in [7, 11) is 2.14. The quantitative estimate of drug-likeness (QED) is 0.904. The van der Waals surface area contributed by atoms with Crippen molar-refractivity contribution in [2.75, 3.05) is 29.9 Å². The first-order valence-electron chi connectivity index (χ1n) is 7.02. The van der Waals surface area contributed by atoms with E-state index < -0.39 is 0 Å². The number of para-hydroxylation sites is 2. The molecule has 1 atom stereocenters. The molecule has 0 bridgehead atoms. The van der Waals surface area contributed by atoms with Crippen molar-refractivity contribution >= 4 is 11.4 Å². The molecule has 0 spiro atoms. The number of hydrogen-bond acceptors (Lipinski definition) is 3. The lowest BCUT2D eigenvalue weighted by Gasteiger charge is -2.40. The highest BCUT2D eigenvalue weighted by Crippen LogP contribution is 2.37. The van der Waals surface area contributed by atoms with E-state index in [4.69, 9.17) is 0 Å². The standard InChI is InChI=1S/C17H20N2O/c1-13(14-7-9-15(20)10-8-14)19-12-11-18(2)16-5-3-4-6-17(16)19/h3-10,13,20H,11-12H2,1-2H3. The fourth-order valence-electron chi connectivity index (χ4n) is 2.86. The molecule has 20 heavy (non-hydrogen) atoms. The molecule has 3 rings (SSSR count). The number of anilines is 2. The summed E-state index contributed by atoms with van der Waals surface area (Å²) in [5.41, 5.74) is 3.79. The number of fused-ring (bicyclic) bond motifs is 1. The van der Waals surface area contributed by atoms with Crippen LogP contribution in [0.3, 0.4) is 0 Å². The molecule has 0 radical (unpaired) electrons. The van der Waals surface area contributed by atoms with Gasteiger partial charge in [-0.05, 0) is 36.8 Å². The summed E-state index contributed by atoms with van der Waals surface area (Å²) in [6.45, 7) is 4.25. The number of rotatable bonds is 2. The van der Waals surface area contributed by atoms with E-state index in [0.717, 1.165) is 13.1 Å². The lowest BCUT2D eigenvalue weighted by Crippen LogP contribution is -2.40. The van der Waals surface area contributed by atoms with Gasteiger partial charge in [-0.3, -0.25) is 0 Å². The minimum atomic E-state index is 0.297. The maximum absolute atomic E-state index is 9.42. The van der Waals surface area contributed by atoms with Crippen LogP contribution in [0.5, 0.6) is 5.75 Å². The molecule has 1 heterocycles. The molecule has 0 saturated carbocycles. The predicted octanol–water partition coefficient (Wildman–Crippen LogP) is 3.41. The van der Waals surface area contributed by atoms with E-state index in [9.17, 15) is 5.11 Å². The summed E-state index contributed by atoms with van der Waals surface area (Å²) >= 11 is 0. The minimum Gasteiger partial charge on any atom is -0.508 e. The number of benzene rings is 2. The molecule has 2 aromatic carbocycles. The highest BCUT2D eigenvalue weighted by molar-refractivity contribution is 5.73. The molecule has 2 aromatic rings. The largest absolute Gasteiger partial charge is 0.508 e. The van der Waals surface area contributed by atoms with Gasteiger partial charge in [-0.2, -0.15) is 0 Å². The predicted molar refractivity (Wildman–Crippen MR) is 83.6 cm³/mol. The third kappa shape index (κ3) is 2.20. The van der Waals surface area contributed by atoms with E-state index in [1.54, 1.807) is 12.1 Å². The number of aromatic hydroxyl groups is 1. The molecule has 1 N–H and O–H groups in total. The first-order valence-corrected chi connectivity index (χ1v) is 7.02. The van der Waals surface area contributed by atoms with Crippen molar-refractivity contribution in [3.8, 4) is 5.75 Å². The van der Waals surface area contributed by atoms with Gasteiger partial charge in [0.2, 0.25) is 0 Å². The Morgan fingerprint density at radius 3 is 2.30 bits per heavy atom. The third-order valence-electron chi connectivity index (χ3n) is 4.12. The van der Waals surface area contributed by atoms with Crippen molar-refractivity contribution in [1.29, 1.82) is 0 Å². The van der Waals surface area contributed by atoms with E-state index in [1.807, 2.05) is 12.1 Å². The second-order valence-corrected chi connectivity index (χ2v) is 5.37. The maximum Gasteiger partial charge on any atom is 0.115 e. The van der Waals surface area contributed by atoms with Crippen molar-refractivity contribution in [3.63, 3.8) is 0 Å². The molecule has 0 aliphatic carbocycles. The highest BCUT2D eigenvalue weighted by atomic mass is 16.3. The SMILES string of the molecule is CC(c1ccc(O)cc1)N1CCN(C)c2ccccc21. The van der Waals surface area contributed by atoms with Gasteiger partial charge in [0.1, 0.15) is 5.75 Å². The highest BCUT2D eigenvalue weighted by Gasteiger charge is 2.24. The number of hydrogen-bond donors (Lipinski definition) is 1. The van der Waals surface area contributed by atoms with Crippen LogP contribution in [-0.4, -0.2) is 25.2 Å². The second kappa shape index (κ2) is 5.08. The summed E-state index contributed by atoms with van der Waals surface area (Å²) in [5.74, 6) is 0.319. The van der Waals surface area contributed by atoms with Crippen LogP contribution < -0.4 is 9.80 Å². The first kappa shape index (κ1) is 12.9. The summed E-state index contributed by atoms with van der Waals surface area (Å²) in [5, 5.41) is 9.42. The Kier molecular flexibility index (Phi) is 3.26. The normalized spacial score (nSPS) is 15.9. The van der Waals surface area contributed by atoms with Crippen molar-refractivity contribution < 1.29 is 5.11 Å². The Morgan fingerprint density at radius 2 is 1.60 bits per heavy atom. The maximum atomic E-state index is 9.42. The number of phenols is 1. The zero-order valence-corrected chi connectivity index (χ0v) is 12.0. The average Bonchev–Trinajstić information content (AvgIpc) is 2.48. The van der Waals surface area contributed by atoms with Crippen LogP contribution >= 0.6 is 0 Å². The second-order valence-electron chi connectivity index (χ2n) is 5.37. The van der Waals surface area contributed by atoms with Gasteiger partial charge in [-0.25, -0.2) is 0 Å². The summed E-state index contributed by atoms with van der Waals surface area (Å²) in [6, 6.07) is 16.3. The Hall–Kier alpha value is -2.16. The van der Waals surface area contributed by atoms with Crippen LogP contribution in [0.25, 0.3) is 0 Å². The van der Waals surface area contributed by atoms with E-state index in [0.29, 0.717) is 11.8 Å². The monoisotopic (exact) mass is 268 g/mol. The Morgan fingerprint density at radius 1 is 0.950 bits per heavy atom. The molecule has 0 amide bonds. The van der Waals surface area contributed by atoms with E-state index >= 15 is 0 Å². The first-order chi connectivity index (χ1) is 9.66. The van der Waals surface area contributed by atoms with Crippen molar-refractivity contribution in [1.82, 2.24) is 0 Å². The topological polar surface area (TPSA) is 26.7 Å². The van der Waals surface area contributed by atoms with Gasteiger partial charge in [-0.1, -0.05) is 24.3 Å². The summed E-state index contributed by atoms with van der Waals surface area (Å²) in [6.07, 6.45) is 0. The Bertz CT molecular complexity index is 594. The fraction of sp³-hybridized carbons (Fsp3) is 0.294. The van der Waals surface area contributed by atoms with Crippen LogP contribution in [-0.2, 0) is 0 Å². The van der Waals surface area contributed by atoms with E-state index in [1.165, 1.54) is 16.9 Å². The van der Waals surface area contributed by atoms with Crippen LogP contribution in [0.1, 0.15) is 18.5 Å². The van der Waals surface area contributed by atoms with Crippen LogP contribution in [0.15, 0.2) is 48.5 Å². The van der Waals surface area contributed by atoms with E-state index in [2.05, 4.69) is 48.0 Å². The molecular formula is C17H20N2O. The van der Waals surface area contributed by atoms with Crippen LogP contribution in [0.2, 0.25) is 0 Å². The molecule has 1 aliphatic heterocycles. The molecule has 3 heteroatoms. The Balaban J connectivity index is 1.95. The van der Waals surface area contributed by atoms with Gasteiger partial charge in [0.25, 0.3) is 0 Å². The van der Waals surface area contributed by atoms with Gasteiger partial charge >= 0.3 is 0 Å². The summed E-state index contributed by atoms with van der Waals surface area (Å²) < 4.78 is 0. The zero-order valence-electron chi connectivity index (χ0n) is 12.0. The lowest BCUT2D eigenvalue weighted by atomic mass is 10.0. The third-order valence-corrected chi connectivity index (χ3v) is 4.12. The van der Waals surface area contributed by atoms with Gasteiger partial charge in [0.15, 0.2) is 0 Å². The lowest BCUT2D eigenvalue weighted by molar-refractivity contribution is 0.475. The van der Waals surface area contributed by atoms with Gasteiger partial charge in [-0.15, -0.1) is 0 Å². The number of nitrogens with zero attached hydrogens (tertiary/aromatic N) is 2. The van der Waals surface area contributed by atoms with Crippen molar-refractivity contribution in [2.24, 2.45) is 0 Å². The smallest absolute Gasteiger partial charge is 0.115 e. The van der Waals surface area contributed by atoms with Crippen molar-refractivity contribution in [3.05, 3.63) is 54.1 Å². The van der Waals surface area contributed by atoms with Crippen LogP contribution in [0, 0.1) is 0 Å². The Labute approximate surface area is 120 Å². The molecule has 0 fully saturated rings. The average molecular weight is 268 g/mol. The van der Waals surface area contributed by atoms with Gasteiger partial charge in [0, 0.05) is 20.1 Å². The minimum absolute atomic E-state index is 0.297. The molecule has 0 saturated heterocycles. The van der Waals surface area contributed by atoms with E-state index in [-0.39, 0.29) is 0 Å². The fourth-order valence-corrected chi connectivity index (χ4v) is 2.86. The molecule has 104 valence electrons. The molecule has 1 unspecified atom stereocenters. The molecular weight excluding hydrogens is 248 g/mol. The van der Waals surface area contributed by atoms with Crippen molar-refractivity contribution in [2.45, 2.75) is 13.0 Å². The molecule has 1 aliphatic rings. The van der Waals surface area contributed by atoms with Gasteiger partial charge < -0.3 is 14.9 Å². The summed E-state index contributed by atoms with van der Waals surface area (Å²) in [4.78, 5) is 4.73. The molecule has 0 aromatic heterocycles.